The van der Waals surface area contributed by atoms with Gasteiger partial charge in [0, 0.05) is 11.3 Å². The Balaban J connectivity index is 2.57. The molecule has 1 amide bonds. The molecule has 1 atom stereocenters. The van der Waals surface area contributed by atoms with Gasteiger partial charge < -0.3 is 10.7 Å². The molecule has 1 aliphatic carbocycles. The highest BCUT2D eigenvalue weighted by Crippen LogP contribution is 2.24. The fraction of sp³-hybridized carbons (Fsp3) is 0.333. The number of nitrogens with one attached hydrogen (secondary N) is 1. The fourth-order valence-corrected chi connectivity index (χ4v) is 2.16. The van der Waals surface area contributed by atoms with Gasteiger partial charge in [0.05, 0.1) is 5.92 Å². The summed E-state index contributed by atoms with van der Waals surface area (Å²) in [5.74, 6) is -2.15. The smallest absolute Gasteiger partial charge is 0.261 e. The van der Waals surface area contributed by atoms with Crippen LogP contribution in [0.5, 0.6) is 0 Å². The average Bonchev–Trinajstić information content (AvgIpc) is 2.27. The number of pyridine rings is 1. The first-order chi connectivity index (χ1) is 8.41. The van der Waals surface area contributed by atoms with E-state index in [1.807, 2.05) is 0 Å². The van der Waals surface area contributed by atoms with Crippen molar-refractivity contribution in [1.82, 2.24) is 4.98 Å². The van der Waals surface area contributed by atoms with E-state index in [0.717, 1.165) is 0 Å². The van der Waals surface area contributed by atoms with Crippen LogP contribution in [0.4, 0.5) is 0 Å². The molecule has 0 aromatic carbocycles. The van der Waals surface area contributed by atoms with E-state index in [0.29, 0.717) is 18.5 Å². The minimum Gasteiger partial charge on any atom is -0.365 e. The fourth-order valence-electron chi connectivity index (χ4n) is 2.16. The highest BCUT2D eigenvalue weighted by atomic mass is 16.2. The van der Waals surface area contributed by atoms with Crippen LogP contribution in [0.1, 0.15) is 39.8 Å². The molecule has 0 saturated carbocycles. The molecule has 0 bridgehead atoms. The van der Waals surface area contributed by atoms with Crippen molar-refractivity contribution in [2.24, 2.45) is 11.7 Å². The monoisotopic (exact) mass is 248 g/mol. The van der Waals surface area contributed by atoms with E-state index < -0.39 is 17.4 Å². The van der Waals surface area contributed by atoms with Gasteiger partial charge in [-0.3, -0.25) is 19.2 Å². The zero-order valence-electron chi connectivity index (χ0n) is 9.78. The summed E-state index contributed by atoms with van der Waals surface area (Å²) in [6.45, 7) is 1.36. The molecule has 3 N–H and O–H groups in total. The Morgan fingerprint density at radius 1 is 1.39 bits per heavy atom. The van der Waals surface area contributed by atoms with Gasteiger partial charge in [-0.25, -0.2) is 0 Å². The number of H-pyrrole nitrogens is 1. The van der Waals surface area contributed by atoms with Gasteiger partial charge in [0.25, 0.3) is 11.5 Å². The molecule has 1 heterocycles. The zero-order chi connectivity index (χ0) is 13.4. The third-order valence-corrected chi connectivity index (χ3v) is 3.14. The molecule has 0 saturated heterocycles. The predicted molar refractivity (Wildman–Crippen MR) is 62.4 cm³/mol. The lowest BCUT2D eigenvalue weighted by Gasteiger charge is -2.21. The SMILES string of the molecule is CC(=O)C1CCc2[nH]c(=O)c(C(N)=O)cc2C1=O. The lowest BCUT2D eigenvalue weighted by Crippen LogP contribution is -2.33. The molecule has 1 aromatic rings. The number of aromatic nitrogens is 1. The summed E-state index contributed by atoms with van der Waals surface area (Å²) in [6, 6.07) is 1.19. The van der Waals surface area contributed by atoms with Gasteiger partial charge in [-0.2, -0.15) is 0 Å². The summed E-state index contributed by atoms with van der Waals surface area (Å²) in [7, 11) is 0. The molecule has 1 unspecified atom stereocenters. The van der Waals surface area contributed by atoms with Crippen LogP contribution in [-0.2, 0) is 11.2 Å². The van der Waals surface area contributed by atoms with Gasteiger partial charge >= 0.3 is 0 Å². The molecule has 2 rings (SSSR count). The van der Waals surface area contributed by atoms with Gasteiger partial charge in [-0.15, -0.1) is 0 Å². The maximum Gasteiger partial charge on any atom is 0.261 e. The molecule has 1 aromatic heterocycles. The van der Waals surface area contributed by atoms with Crippen LogP contribution in [0, 0.1) is 5.92 Å². The number of hydrogen-bond acceptors (Lipinski definition) is 4. The number of carbonyl (C=O) groups excluding carboxylic acids is 3. The lowest BCUT2D eigenvalue weighted by atomic mass is 9.83. The van der Waals surface area contributed by atoms with Crippen LogP contribution in [0.25, 0.3) is 0 Å². The minimum absolute atomic E-state index is 0.211. The van der Waals surface area contributed by atoms with Crippen molar-refractivity contribution in [3.8, 4) is 0 Å². The molecule has 0 fully saturated rings. The number of nitrogens with two attached hydrogens (primary N) is 1. The number of ketones is 2. The Labute approximate surface area is 102 Å². The van der Waals surface area contributed by atoms with Crippen molar-refractivity contribution < 1.29 is 14.4 Å². The second-order valence-corrected chi connectivity index (χ2v) is 4.33. The number of aryl methyl sites for hydroxylation is 1. The summed E-state index contributed by atoms with van der Waals surface area (Å²) < 4.78 is 0. The van der Waals surface area contributed by atoms with E-state index >= 15 is 0 Å². The number of primary amides is 1. The Hall–Kier alpha value is -2.24. The lowest BCUT2D eigenvalue weighted by molar-refractivity contribution is -0.119. The summed E-state index contributed by atoms with van der Waals surface area (Å²) in [5.41, 5.74) is 4.87. The molecule has 0 aliphatic heterocycles. The molecule has 94 valence electrons. The van der Waals surface area contributed by atoms with Gasteiger partial charge in [0.1, 0.15) is 11.3 Å². The molecule has 0 radical (unpaired) electrons. The first kappa shape index (κ1) is 12.2. The van der Waals surface area contributed by atoms with Crippen molar-refractivity contribution >= 4 is 17.5 Å². The van der Waals surface area contributed by atoms with Crippen molar-refractivity contribution in [3.05, 3.63) is 33.2 Å². The van der Waals surface area contributed by atoms with E-state index in [1.54, 1.807) is 0 Å². The average molecular weight is 248 g/mol. The molecular weight excluding hydrogens is 236 g/mol. The number of aromatic amines is 1. The second-order valence-electron chi connectivity index (χ2n) is 4.33. The maximum atomic E-state index is 12.0. The number of rotatable bonds is 2. The standard InChI is InChI=1S/C12H12N2O4/c1-5(15)6-2-3-9-7(10(6)16)4-8(11(13)17)12(18)14-9/h4,6H,2-3H2,1H3,(H2,13,17)(H,14,18). The van der Waals surface area contributed by atoms with Gasteiger partial charge in [0.15, 0.2) is 5.78 Å². The van der Waals surface area contributed by atoms with Crippen LogP contribution < -0.4 is 11.3 Å². The largest absolute Gasteiger partial charge is 0.365 e. The van der Waals surface area contributed by atoms with Gasteiger partial charge in [-0.05, 0) is 25.8 Å². The number of hydrogen-bond donors (Lipinski definition) is 2. The van der Waals surface area contributed by atoms with Crippen molar-refractivity contribution in [2.45, 2.75) is 19.8 Å². The Bertz CT molecular complexity index is 615. The van der Waals surface area contributed by atoms with E-state index in [9.17, 15) is 19.2 Å². The van der Waals surface area contributed by atoms with Crippen molar-refractivity contribution in [2.75, 3.05) is 0 Å². The first-order valence-electron chi connectivity index (χ1n) is 5.52. The maximum absolute atomic E-state index is 12.0. The van der Waals surface area contributed by atoms with Crippen LogP contribution in [0.15, 0.2) is 10.9 Å². The quantitative estimate of drug-likeness (QED) is 0.706. The molecule has 1 aliphatic rings. The van der Waals surface area contributed by atoms with E-state index in [4.69, 9.17) is 5.73 Å². The topological polar surface area (TPSA) is 110 Å². The number of carbonyl (C=O) groups is 3. The molecule has 0 spiro atoms. The molecular formula is C12H12N2O4. The van der Waals surface area contributed by atoms with E-state index in [2.05, 4.69) is 4.98 Å². The minimum atomic E-state index is -0.892. The molecule has 6 heteroatoms. The predicted octanol–water partition coefficient (Wildman–Crippen LogP) is -0.192. The number of fused-ring (bicyclic) bond motifs is 1. The summed E-state index contributed by atoms with van der Waals surface area (Å²) in [6.07, 6.45) is 0.812. The zero-order valence-corrected chi connectivity index (χ0v) is 9.78. The third-order valence-electron chi connectivity index (χ3n) is 3.14. The van der Waals surface area contributed by atoms with Crippen LogP contribution in [0.2, 0.25) is 0 Å². The van der Waals surface area contributed by atoms with Crippen LogP contribution in [0.3, 0.4) is 0 Å². The third kappa shape index (κ3) is 1.85. The van der Waals surface area contributed by atoms with Crippen LogP contribution in [-0.4, -0.2) is 22.5 Å². The highest BCUT2D eigenvalue weighted by Gasteiger charge is 2.32. The van der Waals surface area contributed by atoms with Gasteiger partial charge in [-0.1, -0.05) is 0 Å². The van der Waals surface area contributed by atoms with Crippen molar-refractivity contribution in [1.29, 1.82) is 0 Å². The Morgan fingerprint density at radius 3 is 2.61 bits per heavy atom. The second kappa shape index (κ2) is 4.21. The van der Waals surface area contributed by atoms with Gasteiger partial charge in [0.2, 0.25) is 0 Å². The summed E-state index contributed by atoms with van der Waals surface area (Å²) in [5, 5.41) is 0. The van der Waals surface area contributed by atoms with Crippen molar-refractivity contribution in [3.63, 3.8) is 0 Å². The van der Waals surface area contributed by atoms with Crippen LogP contribution >= 0.6 is 0 Å². The first-order valence-corrected chi connectivity index (χ1v) is 5.52. The summed E-state index contributed by atoms with van der Waals surface area (Å²) in [4.78, 5) is 48.4. The van der Waals surface area contributed by atoms with E-state index in [1.165, 1.54) is 13.0 Å². The highest BCUT2D eigenvalue weighted by molar-refractivity contribution is 6.12. The summed E-state index contributed by atoms with van der Waals surface area (Å²) >= 11 is 0. The molecule has 6 nitrogen and oxygen atoms in total. The Kier molecular flexibility index (Phi) is 2.86. The Morgan fingerprint density at radius 2 is 2.06 bits per heavy atom. The normalized spacial score (nSPS) is 18.3. The number of Topliss-reactive ketones (excluding diaryl/α,β-unsaturated/α-hetero) is 2. The van der Waals surface area contributed by atoms with E-state index in [-0.39, 0.29) is 22.7 Å². The number of amides is 1. The molecule has 18 heavy (non-hydrogen) atoms.